The largest absolute Gasteiger partial charge is 0.495 e. The number of carbonyl (C=O) groups excluding carboxylic acids is 2. The summed E-state index contributed by atoms with van der Waals surface area (Å²) in [4.78, 5) is 31.6. The molecule has 0 bridgehead atoms. The molecule has 37 heavy (non-hydrogen) atoms. The molecule has 2 amide bonds. The molecular weight excluding hydrogens is 512 g/mol. The van der Waals surface area contributed by atoms with E-state index < -0.39 is 5.91 Å². The van der Waals surface area contributed by atoms with Gasteiger partial charge in [-0.3, -0.25) is 15.0 Å². The SMILES string of the molecule is COc1ccc(-n2c(C)cc(C=C3C(=N)N4N=C(CC(=O)N5CCCCC5)SC4=NC3=O)c2C)cc1Cl. The minimum absolute atomic E-state index is 0.0195. The van der Waals surface area contributed by atoms with Crippen LogP contribution in [0.15, 0.2) is 39.9 Å². The highest BCUT2D eigenvalue weighted by Crippen LogP contribution is 2.32. The third-order valence-corrected chi connectivity index (χ3v) is 7.88. The molecule has 0 saturated carbocycles. The Morgan fingerprint density at radius 3 is 2.68 bits per heavy atom. The van der Waals surface area contributed by atoms with Crippen molar-refractivity contribution in [2.24, 2.45) is 10.1 Å². The van der Waals surface area contributed by atoms with E-state index in [0.29, 0.717) is 21.0 Å². The second-order valence-electron chi connectivity index (χ2n) is 9.11. The Morgan fingerprint density at radius 1 is 1.22 bits per heavy atom. The van der Waals surface area contributed by atoms with E-state index in [-0.39, 0.29) is 23.7 Å². The summed E-state index contributed by atoms with van der Waals surface area (Å²) in [5, 5.41) is 15.8. The molecule has 192 valence electrons. The molecule has 1 aromatic carbocycles. The first-order chi connectivity index (χ1) is 17.8. The van der Waals surface area contributed by atoms with Crippen molar-refractivity contribution in [1.82, 2.24) is 14.5 Å². The summed E-state index contributed by atoms with van der Waals surface area (Å²) in [5.41, 5.74) is 3.61. The Kier molecular flexibility index (Phi) is 6.96. The Hall–Kier alpha value is -3.37. The fourth-order valence-corrected chi connectivity index (χ4v) is 5.90. The van der Waals surface area contributed by atoms with Gasteiger partial charge in [-0.25, -0.2) is 0 Å². The van der Waals surface area contributed by atoms with Crippen LogP contribution < -0.4 is 4.74 Å². The van der Waals surface area contributed by atoms with Crippen LogP contribution in [0.2, 0.25) is 5.02 Å². The predicted molar refractivity (Wildman–Crippen MR) is 147 cm³/mol. The minimum atomic E-state index is -0.500. The van der Waals surface area contributed by atoms with Crippen molar-refractivity contribution in [2.75, 3.05) is 20.2 Å². The molecule has 0 aliphatic carbocycles. The molecule has 3 aliphatic heterocycles. The zero-order valence-corrected chi connectivity index (χ0v) is 22.4. The molecule has 0 unspecified atom stereocenters. The zero-order chi connectivity index (χ0) is 26.3. The summed E-state index contributed by atoms with van der Waals surface area (Å²) >= 11 is 7.52. The number of aromatic nitrogens is 1. The fourth-order valence-electron chi connectivity index (χ4n) is 4.77. The first-order valence-corrected chi connectivity index (χ1v) is 13.3. The third kappa shape index (κ3) is 4.83. The lowest BCUT2D eigenvalue weighted by molar-refractivity contribution is -0.130. The van der Waals surface area contributed by atoms with Crippen LogP contribution in [-0.4, -0.2) is 62.5 Å². The second kappa shape index (κ2) is 10.2. The first kappa shape index (κ1) is 25.3. The number of benzene rings is 1. The smallest absolute Gasteiger partial charge is 0.283 e. The summed E-state index contributed by atoms with van der Waals surface area (Å²) in [6.07, 6.45) is 5.00. The van der Waals surface area contributed by atoms with Crippen LogP contribution >= 0.6 is 23.4 Å². The van der Waals surface area contributed by atoms with Gasteiger partial charge >= 0.3 is 0 Å². The number of likely N-dealkylation sites (tertiary alicyclic amines) is 1. The minimum Gasteiger partial charge on any atom is -0.495 e. The number of amidine groups is 2. The maximum atomic E-state index is 12.9. The number of rotatable bonds is 5. The maximum Gasteiger partial charge on any atom is 0.283 e. The van der Waals surface area contributed by atoms with E-state index in [1.54, 1.807) is 13.2 Å². The number of ether oxygens (including phenoxy) is 1. The summed E-state index contributed by atoms with van der Waals surface area (Å²) < 4.78 is 7.28. The number of aliphatic imine (C=N–C) groups is 1. The van der Waals surface area contributed by atoms with Gasteiger partial charge in [-0.05, 0) is 80.8 Å². The van der Waals surface area contributed by atoms with Crippen LogP contribution in [0.5, 0.6) is 5.75 Å². The number of carbonyl (C=O) groups is 2. The van der Waals surface area contributed by atoms with E-state index in [9.17, 15) is 9.59 Å². The first-order valence-electron chi connectivity index (χ1n) is 12.1. The predicted octanol–water partition coefficient (Wildman–Crippen LogP) is 4.78. The highest BCUT2D eigenvalue weighted by molar-refractivity contribution is 8.27. The van der Waals surface area contributed by atoms with Crippen LogP contribution in [-0.2, 0) is 9.59 Å². The van der Waals surface area contributed by atoms with Gasteiger partial charge in [-0.2, -0.15) is 15.1 Å². The van der Waals surface area contributed by atoms with Crippen molar-refractivity contribution in [3.63, 3.8) is 0 Å². The quantitative estimate of drug-likeness (QED) is 0.552. The fraction of sp³-hybridized carbons (Fsp3) is 0.346. The number of hydrogen-bond acceptors (Lipinski definition) is 6. The monoisotopic (exact) mass is 538 g/mol. The summed E-state index contributed by atoms with van der Waals surface area (Å²) in [7, 11) is 1.57. The molecule has 4 heterocycles. The second-order valence-corrected chi connectivity index (χ2v) is 10.6. The Labute approximate surface area is 224 Å². The van der Waals surface area contributed by atoms with Crippen molar-refractivity contribution in [2.45, 2.75) is 39.5 Å². The van der Waals surface area contributed by atoms with E-state index in [0.717, 1.165) is 55.0 Å². The van der Waals surface area contributed by atoms with Gasteiger partial charge in [0, 0.05) is 30.2 Å². The number of hydrazone groups is 1. The molecule has 3 aliphatic rings. The lowest BCUT2D eigenvalue weighted by Gasteiger charge is -2.26. The maximum absolute atomic E-state index is 12.9. The highest BCUT2D eigenvalue weighted by atomic mass is 35.5. The number of methoxy groups -OCH3 is 1. The number of hydrogen-bond donors (Lipinski definition) is 1. The molecule has 0 spiro atoms. The molecule has 1 fully saturated rings. The Bertz CT molecular complexity index is 1400. The Balaban J connectivity index is 1.40. The van der Waals surface area contributed by atoms with E-state index >= 15 is 0 Å². The van der Waals surface area contributed by atoms with Gasteiger partial charge in [0.25, 0.3) is 5.91 Å². The van der Waals surface area contributed by atoms with Gasteiger partial charge in [0.2, 0.25) is 11.1 Å². The van der Waals surface area contributed by atoms with Crippen LogP contribution in [0.4, 0.5) is 0 Å². The number of nitrogens with zero attached hydrogens (tertiary/aromatic N) is 5. The van der Waals surface area contributed by atoms with Crippen molar-refractivity contribution in [3.05, 3.63) is 51.8 Å². The molecule has 11 heteroatoms. The topological polar surface area (TPSA) is 103 Å². The summed E-state index contributed by atoms with van der Waals surface area (Å²) in [5.74, 6) is 0.0531. The van der Waals surface area contributed by atoms with Crippen LogP contribution in [0.3, 0.4) is 0 Å². The van der Waals surface area contributed by atoms with Gasteiger partial charge < -0.3 is 14.2 Å². The Morgan fingerprint density at radius 2 is 1.97 bits per heavy atom. The van der Waals surface area contributed by atoms with Crippen LogP contribution in [0.25, 0.3) is 11.8 Å². The number of halogens is 1. The molecular formula is C26H27ClN6O3S. The van der Waals surface area contributed by atoms with Crippen molar-refractivity contribution >= 4 is 57.3 Å². The molecule has 0 atom stereocenters. The van der Waals surface area contributed by atoms with Crippen molar-refractivity contribution in [1.29, 1.82) is 5.41 Å². The van der Waals surface area contributed by atoms with Gasteiger partial charge in [0.1, 0.15) is 10.8 Å². The van der Waals surface area contributed by atoms with E-state index in [4.69, 9.17) is 21.7 Å². The number of fused-ring (bicyclic) bond motifs is 1. The van der Waals surface area contributed by atoms with E-state index in [1.807, 2.05) is 47.6 Å². The normalized spacial score (nSPS) is 18.8. The number of aryl methyl sites for hydroxylation is 1. The van der Waals surface area contributed by atoms with Crippen molar-refractivity contribution in [3.8, 4) is 11.4 Å². The molecule has 9 nitrogen and oxygen atoms in total. The van der Waals surface area contributed by atoms with E-state index in [1.165, 1.54) is 16.8 Å². The van der Waals surface area contributed by atoms with Crippen LogP contribution in [0, 0.1) is 19.3 Å². The van der Waals surface area contributed by atoms with Gasteiger partial charge in [0.15, 0.2) is 5.84 Å². The standard InChI is InChI=1S/C26H27ClN6O3S/c1-15-11-17(16(2)32(15)18-7-8-21(36-3)20(27)13-18)12-19-24(28)33-26(29-25(19)35)37-22(30-33)14-23(34)31-9-5-4-6-10-31/h7-8,11-13,28H,4-6,9-10,14H2,1-3H3. The van der Waals surface area contributed by atoms with Gasteiger partial charge in [-0.1, -0.05) is 11.6 Å². The average Bonchev–Trinajstić information content (AvgIpc) is 3.41. The molecule has 1 aromatic heterocycles. The third-order valence-electron chi connectivity index (χ3n) is 6.67. The number of nitrogens with one attached hydrogen (secondary N) is 1. The number of amides is 2. The summed E-state index contributed by atoms with van der Waals surface area (Å²) in [6.45, 7) is 5.44. The molecule has 1 N–H and O–H groups in total. The lowest BCUT2D eigenvalue weighted by atomic mass is 10.1. The number of thioether (sulfide) groups is 1. The highest BCUT2D eigenvalue weighted by Gasteiger charge is 2.36. The zero-order valence-electron chi connectivity index (χ0n) is 20.9. The van der Waals surface area contributed by atoms with Crippen molar-refractivity contribution < 1.29 is 14.3 Å². The lowest BCUT2D eigenvalue weighted by Crippen LogP contribution is -2.36. The van der Waals surface area contributed by atoms with Gasteiger partial charge in [0.05, 0.1) is 24.1 Å². The van der Waals surface area contributed by atoms with E-state index in [2.05, 4.69) is 10.1 Å². The van der Waals surface area contributed by atoms with Crippen LogP contribution in [0.1, 0.15) is 42.6 Å². The number of piperidine rings is 1. The molecule has 1 saturated heterocycles. The average molecular weight is 539 g/mol. The molecule has 2 aromatic rings. The summed E-state index contributed by atoms with van der Waals surface area (Å²) in [6, 6.07) is 7.49. The molecule has 5 rings (SSSR count). The van der Waals surface area contributed by atoms with Gasteiger partial charge in [-0.15, -0.1) is 0 Å². The molecule has 0 radical (unpaired) electrons.